The maximum atomic E-state index is 13.6. The molecule has 11 nitrogen and oxygen atoms in total. The first-order valence-corrected chi connectivity index (χ1v) is 16.9. The van der Waals surface area contributed by atoms with E-state index in [1.54, 1.807) is 24.5 Å². The molecule has 0 amide bonds. The lowest BCUT2D eigenvalue weighted by molar-refractivity contribution is -0.170. The fourth-order valence-corrected chi connectivity index (χ4v) is 5.91. The van der Waals surface area contributed by atoms with Crippen LogP contribution in [0.5, 0.6) is 11.9 Å². The molecule has 13 heteroatoms. The normalized spacial score (nSPS) is 15.4. The third kappa shape index (κ3) is 8.75. The number of hydrogen-bond acceptors (Lipinski definition) is 10. The van der Waals surface area contributed by atoms with Crippen LogP contribution in [0.25, 0.3) is 11.1 Å². The molecule has 3 heterocycles. The van der Waals surface area contributed by atoms with Crippen molar-refractivity contribution in [2.45, 2.75) is 56.6 Å². The van der Waals surface area contributed by atoms with Crippen LogP contribution in [0.3, 0.4) is 0 Å². The number of aryl methyl sites for hydroxylation is 1. The van der Waals surface area contributed by atoms with Crippen LogP contribution < -0.4 is 14.2 Å². The van der Waals surface area contributed by atoms with Gasteiger partial charge in [-0.3, -0.25) is 4.72 Å². The molecule has 5 rings (SSSR count). The van der Waals surface area contributed by atoms with Gasteiger partial charge in [0.2, 0.25) is 5.88 Å². The maximum Gasteiger partial charge on any atom is 0.316 e. The van der Waals surface area contributed by atoms with Gasteiger partial charge in [0, 0.05) is 24.4 Å². The second kappa shape index (κ2) is 14.6. The number of rotatable bonds is 13. The lowest BCUT2D eigenvalue weighted by Gasteiger charge is -2.30. The molecule has 2 aromatic carbocycles. The number of anilines is 1. The van der Waals surface area contributed by atoms with Crippen LogP contribution in [-0.2, 0) is 24.9 Å². The second-order valence-electron chi connectivity index (χ2n) is 11.3. The zero-order valence-electron chi connectivity index (χ0n) is 25.4. The van der Waals surface area contributed by atoms with Gasteiger partial charge in [0.15, 0.2) is 12.1 Å². The number of nitrogens with one attached hydrogen (secondary N) is 1. The minimum Gasteiger partial charge on any atom is -0.473 e. The Hall–Kier alpha value is -3.65. The molecule has 1 fully saturated rings. The molecule has 238 valence electrons. The van der Waals surface area contributed by atoms with Crippen molar-refractivity contribution < 1.29 is 27.4 Å². The Labute approximate surface area is 271 Å². The highest BCUT2D eigenvalue weighted by molar-refractivity contribution is 9.10. The number of hydrogen-bond donors (Lipinski definition) is 1. The number of nitrogens with zero attached hydrogens (tertiary/aromatic N) is 4. The Morgan fingerprint density at radius 1 is 0.956 bits per heavy atom. The Morgan fingerprint density at radius 2 is 1.67 bits per heavy atom. The van der Waals surface area contributed by atoms with E-state index in [2.05, 4.69) is 54.4 Å². The molecule has 45 heavy (non-hydrogen) atoms. The summed E-state index contributed by atoms with van der Waals surface area (Å²) in [5, 5.41) is 0. The zero-order chi connectivity index (χ0) is 31.9. The summed E-state index contributed by atoms with van der Waals surface area (Å²) in [5.41, 5.74) is 2.74. The van der Waals surface area contributed by atoms with Gasteiger partial charge in [-0.05, 0) is 65.4 Å². The lowest BCUT2D eigenvalue weighted by atomic mass is 9.85. The van der Waals surface area contributed by atoms with Crippen molar-refractivity contribution in [1.82, 2.24) is 19.9 Å². The smallest absolute Gasteiger partial charge is 0.316 e. The van der Waals surface area contributed by atoms with E-state index in [0.29, 0.717) is 24.3 Å². The molecule has 0 radical (unpaired) electrons. The molecule has 1 saturated heterocycles. The summed E-state index contributed by atoms with van der Waals surface area (Å²) >= 11 is 3.29. The fraction of sp³-hybridized carbons (Fsp3) is 0.375. The molecule has 0 spiro atoms. The van der Waals surface area contributed by atoms with Gasteiger partial charge in [-0.1, -0.05) is 55.8 Å². The van der Waals surface area contributed by atoms with Gasteiger partial charge in [0.05, 0.1) is 21.5 Å². The molecule has 1 atom stereocenters. The molecule has 1 aliphatic heterocycles. The summed E-state index contributed by atoms with van der Waals surface area (Å²) in [4.78, 5) is 16.8. The van der Waals surface area contributed by atoms with Gasteiger partial charge in [0.25, 0.3) is 10.0 Å². The van der Waals surface area contributed by atoms with E-state index >= 15 is 0 Å². The first-order valence-electron chi connectivity index (χ1n) is 14.6. The molecular weight excluding hydrogens is 662 g/mol. The quantitative estimate of drug-likeness (QED) is 0.164. The minimum absolute atomic E-state index is 0.0892. The number of aromatic nitrogens is 4. The van der Waals surface area contributed by atoms with Crippen LogP contribution >= 0.6 is 15.9 Å². The molecule has 1 aliphatic rings. The van der Waals surface area contributed by atoms with Gasteiger partial charge in [0.1, 0.15) is 19.5 Å². The van der Waals surface area contributed by atoms with E-state index in [1.807, 2.05) is 43.3 Å². The highest BCUT2D eigenvalue weighted by atomic mass is 79.9. The number of halogens is 1. The predicted molar refractivity (Wildman–Crippen MR) is 173 cm³/mol. The van der Waals surface area contributed by atoms with Gasteiger partial charge < -0.3 is 18.9 Å². The van der Waals surface area contributed by atoms with Gasteiger partial charge in [-0.25, -0.2) is 28.4 Å². The fourth-order valence-electron chi connectivity index (χ4n) is 4.68. The van der Waals surface area contributed by atoms with Crippen molar-refractivity contribution in [1.29, 1.82) is 0 Å². The van der Waals surface area contributed by atoms with Crippen molar-refractivity contribution in [2.75, 3.05) is 31.1 Å². The summed E-state index contributed by atoms with van der Waals surface area (Å²) in [6, 6.07) is 14.6. The largest absolute Gasteiger partial charge is 0.473 e. The summed E-state index contributed by atoms with van der Waals surface area (Å²) in [6.45, 7) is 7.50. The molecule has 2 aromatic heterocycles. The summed E-state index contributed by atoms with van der Waals surface area (Å²) < 4.78 is 53.8. The van der Waals surface area contributed by atoms with Crippen molar-refractivity contribution >= 4 is 31.8 Å². The standard InChI is InChI=1S/C32H36BrN5O6S/c1-22-7-9-23(10-8-22)28-29(36-21-37-30(28)42-16-17-43-31-34-18-25(33)19-35-31)38-45(39,40)26-13-11-24(12-14-26)32(2,3)20-44-27-6-4-5-15-41-27/h7-14,18-19,21,27H,4-6,15-17,20H2,1-3H3,(H,36,37,38). The van der Waals surface area contributed by atoms with Crippen molar-refractivity contribution in [3.05, 3.63) is 82.9 Å². The average molecular weight is 699 g/mol. The van der Waals surface area contributed by atoms with Crippen molar-refractivity contribution in [3.63, 3.8) is 0 Å². The molecular formula is C32H36BrN5O6S. The number of ether oxygens (including phenoxy) is 4. The predicted octanol–water partition coefficient (Wildman–Crippen LogP) is 6.08. The van der Waals surface area contributed by atoms with E-state index in [0.717, 1.165) is 34.9 Å². The van der Waals surface area contributed by atoms with E-state index in [9.17, 15) is 8.42 Å². The van der Waals surface area contributed by atoms with Crippen LogP contribution in [0.4, 0.5) is 5.82 Å². The van der Waals surface area contributed by atoms with Gasteiger partial charge in [-0.2, -0.15) is 0 Å². The molecule has 1 N–H and O–H groups in total. The van der Waals surface area contributed by atoms with Crippen LogP contribution in [0.2, 0.25) is 0 Å². The SMILES string of the molecule is Cc1ccc(-c2c(NS(=O)(=O)c3ccc(C(C)(C)COC4CCCCO4)cc3)ncnc2OCCOc2ncc(Br)cn2)cc1. The Bertz CT molecular complexity index is 1660. The highest BCUT2D eigenvalue weighted by Crippen LogP contribution is 2.35. The van der Waals surface area contributed by atoms with E-state index in [-0.39, 0.29) is 47.5 Å². The number of sulfonamides is 1. The molecule has 1 unspecified atom stereocenters. The summed E-state index contributed by atoms with van der Waals surface area (Å²) in [7, 11) is -4.02. The lowest BCUT2D eigenvalue weighted by Crippen LogP contribution is -2.31. The summed E-state index contributed by atoms with van der Waals surface area (Å²) in [5.74, 6) is 0.289. The molecule has 4 aromatic rings. The highest BCUT2D eigenvalue weighted by Gasteiger charge is 2.26. The van der Waals surface area contributed by atoms with E-state index in [4.69, 9.17) is 18.9 Å². The first kappa shape index (κ1) is 32.7. The van der Waals surface area contributed by atoms with E-state index < -0.39 is 10.0 Å². The third-order valence-electron chi connectivity index (χ3n) is 7.25. The second-order valence-corrected chi connectivity index (χ2v) is 13.9. The minimum atomic E-state index is -4.02. The maximum absolute atomic E-state index is 13.6. The van der Waals surface area contributed by atoms with Crippen molar-refractivity contribution in [3.8, 4) is 23.0 Å². The van der Waals surface area contributed by atoms with Gasteiger partial charge >= 0.3 is 6.01 Å². The molecule has 0 bridgehead atoms. The Morgan fingerprint density at radius 3 is 2.36 bits per heavy atom. The van der Waals surface area contributed by atoms with Crippen LogP contribution in [0, 0.1) is 6.92 Å². The third-order valence-corrected chi connectivity index (χ3v) is 9.01. The topological polar surface area (TPSA) is 135 Å². The van der Waals surface area contributed by atoms with Crippen LogP contribution in [0.1, 0.15) is 44.2 Å². The molecule has 0 aliphatic carbocycles. The zero-order valence-corrected chi connectivity index (χ0v) is 27.8. The van der Waals surface area contributed by atoms with Gasteiger partial charge in [-0.15, -0.1) is 0 Å². The van der Waals surface area contributed by atoms with Crippen LogP contribution in [-0.4, -0.2) is 61.1 Å². The molecule has 0 saturated carbocycles. The van der Waals surface area contributed by atoms with Crippen molar-refractivity contribution in [2.24, 2.45) is 0 Å². The average Bonchev–Trinajstić information content (AvgIpc) is 3.04. The first-order chi connectivity index (χ1) is 21.6. The van der Waals surface area contributed by atoms with E-state index in [1.165, 1.54) is 6.33 Å². The monoisotopic (exact) mass is 697 g/mol. The Kier molecular flexibility index (Phi) is 10.6. The van der Waals surface area contributed by atoms with Crippen LogP contribution in [0.15, 0.2) is 76.6 Å². The Balaban J connectivity index is 1.32. The summed E-state index contributed by atoms with van der Waals surface area (Å²) in [6.07, 6.45) is 7.25. The number of benzene rings is 2.